The first kappa shape index (κ1) is 16.8. The maximum absolute atomic E-state index is 6.10. The molecule has 4 aromatic rings. The van der Waals surface area contributed by atoms with Crippen molar-refractivity contribution in [3.8, 4) is 11.5 Å². The van der Waals surface area contributed by atoms with Crippen LogP contribution in [0.4, 0.5) is 11.4 Å². The normalized spacial score (nSPS) is 10.9. The lowest BCUT2D eigenvalue weighted by Crippen LogP contribution is -2.17. The summed E-state index contributed by atoms with van der Waals surface area (Å²) < 4.78 is 2.06. The molecule has 2 aromatic heterocycles. The van der Waals surface area contributed by atoms with Crippen LogP contribution in [0.1, 0.15) is 5.69 Å². The van der Waals surface area contributed by atoms with Crippen LogP contribution in [-0.2, 0) is 7.05 Å². The van der Waals surface area contributed by atoms with Crippen molar-refractivity contribution in [2.24, 2.45) is 7.05 Å². The molecular formula is C22H21N5. The first-order valence-corrected chi connectivity index (χ1v) is 8.72. The van der Waals surface area contributed by atoms with Crippen molar-refractivity contribution in [3.63, 3.8) is 0 Å². The van der Waals surface area contributed by atoms with E-state index in [1.54, 1.807) is 0 Å². The van der Waals surface area contributed by atoms with E-state index in [4.69, 9.17) is 15.7 Å². The van der Waals surface area contributed by atoms with Crippen molar-refractivity contribution < 1.29 is 0 Å². The van der Waals surface area contributed by atoms with Gasteiger partial charge >= 0.3 is 0 Å². The molecule has 4 rings (SSSR count). The van der Waals surface area contributed by atoms with Gasteiger partial charge in [0.1, 0.15) is 5.69 Å². The van der Waals surface area contributed by atoms with E-state index in [-0.39, 0.29) is 0 Å². The van der Waals surface area contributed by atoms with E-state index in [0.29, 0.717) is 5.69 Å². The van der Waals surface area contributed by atoms with Crippen molar-refractivity contribution >= 4 is 28.1 Å². The molecule has 0 saturated heterocycles. The van der Waals surface area contributed by atoms with Crippen LogP contribution in [-0.4, -0.2) is 21.6 Å². The third-order valence-corrected chi connectivity index (χ3v) is 4.76. The summed E-state index contributed by atoms with van der Waals surface area (Å²) in [4.78, 5) is 11.5. The highest BCUT2D eigenvalue weighted by Gasteiger charge is 2.14. The summed E-state index contributed by atoms with van der Waals surface area (Å²) in [5.74, 6) is 0.827. The molecule has 0 aliphatic rings. The van der Waals surface area contributed by atoms with E-state index < -0.39 is 0 Å². The first-order chi connectivity index (χ1) is 13.1. The molecule has 0 saturated carbocycles. The zero-order valence-electron chi connectivity index (χ0n) is 15.4. The molecule has 0 aliphatic heterocycles. The number of fused-ring (bicyclic) bond motifs is 1. The van der Waals surface area contributed by atoms with E-state index in [1.807, 2.05) is 79.7 Å². The third kappa shape index (κ3) is 2.93. The minimum absolute atomic E-state index is 0.702. The lowest BCUT2D eigenvalue weighted by atomic mass is 10.2. The van der Waals surface area contributed by atoms with Crippen LogP contribution >= 0.6 is 0 Å². The predicted octanol–water partition coefficient (Wildman–Crippen LogP) is 4.32. The number of pyridine rings is 1. The highest BCUT2D eigenvalue weighted by Crippen LogP contribution is 2.29. The molecule has 0 spiro atoms. The molecule has 5 nitrogen and oxygen atoms in total. The Hall–Kier alpha value is -3.60. The number of rotatable bonds is 4. The van der Waals surface area contributed by atoms with E-state index in [0.717, 1.165) is 39.6 Å². The first-order valence-electron chi connectivity index (χ1n) is 8.72. The van der Waals surface area contributed by atoms with Crippen molar-refractivity contribution in [2.75, 3.05) is 17.7 Å². The number of nitrogens with zero attached hydrogens (tertiary/aromatic N) is 4. The smallest absolute Gasteiger partial charge is 0.159 e. The summed E-state index contributed by atoms with van der Waals surface area (Å²) in [6.07, 6.45) is 0. The Kier molecular flexibility index (Phi) is 4.12. The number of para-hydroxylation sites is 4. The van der Waals surface area contributed by atoms with Crippen molar-refractivity contribution in [1.29, 1.82) is 0 Å². The van der Waals surface area contributed by atoms with Gasteiger partial charge in [0.2, 0.25) is 0 Å². The Balaban J connectivity index is 1.73. The Morgan fingerprint density at radius 3 is 2.48 bits per heavy atom. The summed E-state index contributed by atoms with van der Waals surface area (Å²) in [6, 6.07) is 21.7. The average Bonchev–Trinajstić information content (AvgIpc) is 3.04. The minimum Gasteiger partial charge on any atom is -0.397 e. The van der Waals surface area contributed by atoms with Crippen molar-refractivity contribution in [2.45, 2.75) is 0 Å². The third-order valence-electron chi connectivity index (χ3n) is 4.76. The van der Waals surface area contributed by atoms with Gasteiger partial charge in [0.15, 0.2) is 5.82 Å². The molecule has 0 bridgehead atoms. The zero-order valence-corrected chi connectivity index (χ0v) is 15.4. The van der Waals surface area contributed by atoms with Crippen LogP contribution < -0.4 is 10.6 Å². The highest BCUT2D eigenvalue weighted by molar-refractivity contribution is 5.83. The average molecular weight is 355 g/mol. The Bertz CT molecular complexity index is 1140. The van der Waals surface area contributed by atoms with Gasteiger partial charge in [-0.05, 0) is 36.4 Å². The molecule has 27 heavy (non-hydrogen) atoms. The number of hydrogen-bond acceptors (Lipinski definition) is 4. The van der Waals surface area contributed by atoms with Gasteiger partial charge < -0.3 is 15.2 Å². The number of aromatic nitrogens is 3. The van der Waals surface area contributed by atoms with Crippen molar-refractivity contribution in [1.82, 2.24) is 14.5 Å². The molecule has 0 unspecified atom stereocenters. The van der Waals surface area contributed by atoms with E-state index in [2.05, 4.69) is 17.2 Å². The van der Waals surface area contributed by atoms with Gasteiger partial charge in [0.05, 0.1) is 33.8 Å². The highest BCUT2D eigenvalue weighted by atomic mass is 15.1. The van der Waals surface area contributed by atoms with Crippen LogP contribution in [0.5, 0.6) is 0 Å². The molecular weight excluding hydrogens is 334 g/mol. The number of aryl methyl sites for hydroxylation is 1. The Morgan fingerprint density at radius 1 is 0.963 bits per heavy atom. The summed E-state index contributed by atoms with van der Waals surface area (Å²) in [6.45, 7) is 4.22. The second-order valence-electron chi connectivity index (χ2n) is 6.46. The minimum atomic E-state index is 0.702. The summed E-state index contributed by atoms with van der Waals surface area (Å²) in [7, 11) is 3.95. The molecule has 2 aromatic carbocycles. The van der Waals surface area contributed by atoms with Gasteiger partial charge in [0, 0.05) is 14.1 Å². The SMILES string of the molecule is C=C(c1cccc(-c2nc3ccccc3n2C)n1)N(C)c1ccccc1N. The number of nitrogens with two attached hydrogens (primary N) is 1. The maximum atomic E-state index is 6.10. The van der Waals surface area contributed by atoms with Crippen LogP contribution in [0.15, 0.2) is 73.3 Å². The number of anilines is 2. The number of imidazole rings is 1. The molecule has 5 heteroatoms. The molecule has 2 N–H and O–H groups in total. The Morgan fingerprint density at radius 2 is 1.70 bits per heavy atom. The van der Waals surface area contributed by atoms with Gasteiger partial charge in [-0.1, -0.05) is 36.9 Å². The topological polar surface area (TPSA) is 60.0 Å². The summed E-state index contributed by atoms with van der Waals surface area (Å²) >= 11 is 0. The Labute approximate surface area is 158 Å². The summed E-state index contributed by atoms with van der Waals surface area (Å²) in [5, 5.41) is 0. The van der Waals surface area contributed by atoms with E-state index in [1.165, 1.54) is 0 Å². The zero-order chi connectivity index (χ0) is 19.0. The van der Waals surface area contributed by atoms with Gasteiger partial charge in [0.25, 0.3) is 0 Å². The van der Waals surface area contributed by atoms with Crippen LogP contribution in [0.2, 0.25) is 0 Å². The predicted molar refractivity (Wildman–Crippen MR) is 112 cm³/mol. The molecule has 0 radical (unpaired) electrons. The number of benzene rings is 2. The van der Waals surface area contributed by atoms with Crippen LogP contribution in [0.25, 0.3) is 28.2 Å². The van der Waals surface area contributed by atoms with E-state index in [9.17, 15) is 0 Å². The monoisotopic (exact) mass is 355 g/mol. The van der Waals surface area contributed by atoms with Crippen LogP contribution in [0, 0.1) is 0 Å². The number of hydrogen-bond donors (Lipinski definition) is 1. The molecule has 0 aliphatic carbocycles. The van der Waals surface area contributed by atoms with Crippen LogP contribution in [0.3, 0.4) is 0 Å². The van der Waals surface area contributed by atoms with Gasteiger partial charge in [-0.15, -0.1) is 0 Å². The van der Waals surface area contributed by atoms with Gasteiger partial charge in [-0.3, -0.25) is 0 Å². The standard InChI is InChI=1S/C22H21N5/c1-15(26(2)20-13-6-4-9-16(20)23)17-11-8-12-19(24-17)22-25-18-10-5-7-14-21(18)27(22)3/h4-14H,1,23H2,2-3H3. The lowest BCUT2D eigenvalue weighted by molar-refractivity contribution is 0.949. The maximum Gasteiger partial charge on any atom is 0.159 e. The van der Waals surface area contributed by atoms with Gasteiger partial charge in [-0.2, -0.15) is 0 Å². The largest absolute Gasteiger partial charge is 0.397 e. The second-order valence-corrected chi connectivity index (χ2v) is 6.46. The lowest BCUT2D eigenvalue weighted by Gasteiger charge is -2.23. The quantitative estimate of drug-likeness (QED) is 0.554. The summed E-state index contributed by atoms with van der Waals surface area (Å²) in [5.41, 5.74) is 12.1. The van der Waals surface area contributed by atoms with Gasteiger partial charge in [-0.25, -0.2) is 9.97 Å². The fourth-order valence-electron chi connectivity index (χ4n) is 3.20. The van der Waals surface area contributed by atoms with Crippen molar-refractivity contribution in [3.05, 3.63) is 79.0 Å². The van der Waals surface area contributed by atoms with E-state index >= 15 is 0 Å². The molecule has 0 fully saturated rings. The molecule has 0 amide bonds. The fraction of sp³-hybridized carbons (Fsp3) is 0.0909. The second kappa shape index (κ2) is 6.61. The molecule has 134 valence electrons. The fourth-order valence-corrected chi connectivity index (χ4v) is 3.20. The molecule has 2 heterocycles. The molecule has 0 atom stereocenters. The number of nitrogen functional groups attached to an aromatic ring is 1.